The molecule has 2 aliphatic carbocycles. The van der Waals surface area contributed by atoms with E-state index in [0.29, 0.717) is 24.0 Å². The number of aromatic hydroxyl groups is 1. The molecule has 0 bridgehead atoms. The van der Waals surface area contributed by atoms with Crippen LogP contribution in [0.1, 0.15) is 48.4 Å². The van der Waals surface area contributed by atoms with Crippen molar-refractivity contribution in [3.8, 4) is 11.5 Å². The summed E-state index contributed by atoms with van der Waals surface area (Å²) in [7, 11) is 5.45. The smallest absolute Gasteiger partial charge is 0.161 e. The van der Waals surface area contributed by atoms with E-state index in [2.05, 4.69) is 11.9 Å². The summed E-state index contributed by atoms with van der Waals surface area (Å²) >= 11 is 0. The van der Waals surface area contributed by atoms with Crippen LogP contribution in [0.3, 0.4) is 0 Å². The number of hydrogen-bond donors (Lipinski definition) is 2. The number of aliphatic hydroxyl groups excluding tert-OH is 1. The highest BCUT2D eigenvalue weighted by molar-refractivity contribution is 5.61. The molecule has 5 nitrogen and oxygen atoms in total. The molecule has 1 heterocycles. The van der Waals surface area contributed by atoms with Crippen LogP contribution in [-0.4, -0.2) is 55.1 Å². The Hall–Kier alpha value is -1.30. The van der Waals surface area contributed by atoms with Crippen molar-refractivity contribution in [3.05, 3.63) is 22.8 Å². The van der Waals surface area contributed by atoms with E-state index < -0.39 is 6.10 Å². The highest BCUT2D eigenvalue weighted by Gasteiger charge is 2.53. The van der Waals surface area contributed by atoms with Crippen molar-refractivity contribution in [2.75, 3.05) is 27.8 Å². The molecule has 0 aromatic heterocycles. The zero-order valence-electron chi connectivity index (χ0n) is 14.7. The Balaban J connectivity index is 1.88. The van der Waals surface area contributed by atoms with Crippen LogP contribution in [0.5, 0.6) is 11.5 Å². The summed E-state index contributed by atoms with van der Waals surface area (Å²) in [6, 6.07) is 2.35. The molecule has 1 spiro atoms. The lowest BCUT2D eigenvalue weighted by Gasteiger charge is -2.41. The van der Waals surface area contributed by atoms with Gasteiger partial charge in [-0.25, -0.2) is 0 Å². The Morgan fingerprint density at radius 3 is 2.79 bits per heavy atom. The number of benzene rings is 1. The van der Waals surface area contributed by atoms with E-state index in [1.165, 1.54) is 11.1 Å². The third-order valence-electron chi connectivity index (χ3n) is 6.57. The molecule has 0 amide bonds. The van der Waals surface area contributed by atoms with Crippen LogP contribution in [0.15, 0.2) is 6.07 Å². The fraction of sp³-hybridized carbons (Fsp3) is 0.684. The molecule has 0 radical (unpaired) electrons. The first-order chi connectivity index (χ1) is 11.5. The molecule has 5 heteroatoms. The average Bonchev–Trinajstić information content (AvgIpc) is 2.92. The first-order valence-corrected chi connectivity index (χ1v) is 8.85. The summed E-state index contributed by atoms with van der Waals surface area (Å²) in [4.78, 5) is 2.40. The lowest BCUT2D eigenvalue weighted by molar-refractivity contribution is -0.0599. The number of fused-ring (bicyclic) bond motifs is 1. The van der Waals surface area contributed by atoms with Gasteiger partial charge in [0.05, 0.1) is 19.3 Å². The summed E-state index contributed by atoms with van der Waals surface area (Å²) in [5.74, 6) is 0.869. The van der Waals surface area contributed by atoms with Gasteiger partial charge in [0.1, 0.15) is 0 Å². The van der Waals surface area contributed by atoms with E-state index in [9.17, 15) is 10.2 Å². The van der Waals surface area contributed by atoms with E-state index >= 15 is 0 Å². The van der Waals surface area contributed by atoms with Crippen LogP contribution in [0, 0.1) is 0 Å². The molecule has 4 unspecified atom stereocenters. The van der Waals surface area contributed by atoms with Gasteiger partial charge in [0, 0.05) is 30.7 Å². The topological polar surface area (TPSA) is 62.2 Å². The first kappa shape index (κ1) is 16.2. The highest BCUT2D eigenvalue weighted by atomic mass is 16.5. The van der Waals surface area contributed by atoms with E-state index in [1.54, 1.807) is 14.2 Å². The Morgan fingerprint density at radius 1 is 1.29 bits per heavy atom. The number of ether oxygens (including phenoxy) is 2. The summed E-state index contributed by atoms with van der Waals surface area (Å²) < 4.78 is 11.0. The molecule has 4 rings (SSSR count). The van der Waals surface area contributed by atoms with Crippen molar-refractivity contribution in [2.45, 2.75) is 55.8 Å². The van der Waals surface area contributed by atoms with Gasteiger partial charge in [-0.05, 0) is 56.3 Å². The number of nitrogens with zero attached hydrogens (tertiary/aromatic N) is 1. The van der Waals surface area contributed by atoms with Crippen LogP contribution in [-0.2, 0) is 16.6 Å². The molecular formula is C19H27NO4. The molecule has 4 atom stereocenters. The molecule has 132 valence electrons. The number of phenols is 1. The number of hydrogen-bond acceptors (Lipinski definition) is 5. The van der Waals surface area contributed by atoms with Gasteiger partial charge in [0.25, 0.3) is 0 Å². The van der Waals surface area contributed by atoms with Gasteiger partial charge in [-0.1, -0.05) is 0 Å². The molecule has 1 aromatic rings. The minimum atomic E-state index is -0.418. The predicted molar refractivity (Wildman–Crippen MR) is 90.7 cm³/mol. The maximum Gasteiger partial charge on any atom is 0.161 e. The molecule has 2 N–H and O–H groups in total. The van der Waals surface area contributed by atoms with Crippen LogP contribution >= 0.6 is 0 Å². The largest absolute Gasteiger partial charge is 0.504 e. The van der Waals surface area contributed by atoms with Crippen molar-refractivity contribution in [2.24, 2.45) is 0 Å². The molecule has 1 fully saturated rings. The molecule has 24 heavy (non-hydrogen) atoms. The summed E-state index contributed by atoms with van der Waals surface area (Å²) in [5, 5.41) is 21.2. The van der Waals surface area contributed by atoms with Gasteiger partial charge < -0.3 is 19.7 Å². The second-order valence-electron chi connectivity index (χ2n) is 7.69. The predicted octanol–water partition coefficient (Wildman–Crippen LogP) is 2.13. The average molecular weight is 333 g/mol. The van der Waals surface area contributed by atoms with E-state index in [1.807, 2.05) is 6.07 Å². The Bertz CT molecular complexity index is 661. The number of aliphatic hydroxyl groups is 1. The SMILES string of the molecule is COc1cc2c3c(c1O)C1(CCC(O)C(OC)C1)CC3N(C)CC2. The quantitative estimate of drug-likeness (QED) is 0.868. The molecule has 1 aromatic carbocycles. The van der Waals surface area contributed by atoms with Crippen molar-refractivity contribution < 1.29 is 19.7 Å². The molecular weight excluding hydrogens is 306 g/mol. The zero-order valence-corrected chi connectivity index (χ0v) is 14.7. The monoisotopic (exact) mass is 333 g/mol. The highest BCUT2D eigenvalue weighted by Crippen LogP contribution is 2.60. The van der Waals surface area contributed by atoms with E-state index in [-0.39, 0.29) is 11.5 Å². The van der Waals surface area contributed by atoms with Crippen LogP contribution in [0.25, 0.3) is 0 Å². The first-order valence-electron chi connectivity index (χ1n) is 8.85. The van der Waals surface area contributed by atoms with Crippen molar-refractivity contribution in [1.82, 2.24) is 4.90 Å². The lowest BCUT2D eigenvalue weighted by Crippen LogP contribution is -2.43. The van der Waals surface area contributed by atoms with Gasteiger partial charge in [-0.3, -0.25) is 4.90 Å². The zero-order chi connectivity index (χ0) is 17.1. The second kappa shape index (κ2) is 5.61. The Kier molecular flexibility index (Phi) is 3.79. The fourth-order valence-electron chi connectivity index (χ4n) is 5.28. The van der Waals surface area contributed by atoms with Gasteiger partial charge in [0.2, 0.25) is 0 Å². The minimum absolute atomic E-state index is 0.133. The van der Waals surface area contributed by atoms with Gasteiger partial charge in [-0.15, -0.1) is 0 Å². The van der Waals surface area contributed by atoms with Gasteiger partial charge in [-0.2, -0.15) is 0 Å². The fourth-order valence-corrected chi connectivity index (χ4v) is 5.28. The third-order valence-corrected chi connectivity index (χ3v) is 6.57. The van der Waals surface area contributed by atoms with Gasteiger partial charge in [0.15, 0.2) is 11.5 Å². The van der Waals surface area contributed by atoms with Crippen LogP contribution in [0.4, 0.5) is 0 Å². The summed E-state index contributed by atoms with van der Waals surface area (Å²) in [6.07, 6.45) is 3.72. The van der Waals surface area contributed by atoms with Crippen molar-refractivity contribution in [1.29, 1.82) is 0 Å². The van der Waals surface area contributed by atoms with Crippen LogP contribution < -0.4 is 4.74 Å². The third kappa shape index (κ3) is 2.11. The number of rotatable bonds is 2. The maximum atomic E-state index is 11.0. The Labute approximate surface area is 143 Å². The number of phenolic OH excluding ortho intramolecular Hbond substituents is 1. The summed E-state index contributed by atoms with van der Waals surface area (Å²) in [6.45, 7) is 1.03. The Morgan fingerprint density at radius 2 is 2.08 bits per heavy atom. The van der Waals surface area contributed by atoms with Crippen molar-refractivity contribution >= 4 is 0 Å². The molecule has 1 aliphatic heterocycles. The van der Waals surface area contributed by atoms with Crippen molar-refractivity contribution in [3.63, 3.8) is 0 Å². The molecule has 1 saturated carbocycles. The van der Waals surface area contributed by atoms with E-state index in [0.717, 1.165) is 37.8 Å². The van der Waals surface area contributed by atoms with Crippen LogP contribution in [0.2, 0.25) is 0 Å². The summed E-state index contributed by atoms with van der Waals surface area (Å²) in [5.41, 5.74) is 3.53. The molecule has 3 aliphatic rings. The van der Waals surface area contributed by atoms with Gasteiger partial charge >= 0.3 is 0 Å². The minimum Gasteiger partial charge on any atom is -0.504 e. The normalized spacial score (nSPS) is 35.2. The molecule has 0 saturated heterocycles. The lowest BCUT2D eigenvalue weighted by atomic mass is 9.67. The number of likely N-dealkylation sites (N-methyl/N-ethyl adjacent to an activating group) is 1. The number of methoxy groups -OCH3 is 2. The maximum absolute atomic E-state index is 11.0. The second-order valence-corrected chi connectivity index (χ2v) is 7.69. The van der Waals surface area contributed by atoms with E-state index in [4.69, 9.17) is 9.47 Å². The standard InChI is InChI=1S/C19H27NO4/c1-20-7-5-11-8-14(23-2)18(22)17-16(11)12(20)9-19(17)6-4-13(21)15(10-19)24-3/h8,12-13,15,21-22H,4-7,9-10H2,1-3H3.